The van der Waals surface area contributed by atoms with E-state index in [1.807, 2.05) is 12.1 Å². The molecule has 0 spiro atoms. The summed E-state index contributed by atoms with van der Waals surface area (Å²) in [7, 11) is 0. The van der Waals surface area contributed by atoms with Crippen molar-refractivity contribution in [1.82, 2.24) is 5.32 Å². The first-order valence-corrected chi connectivity index (χ1v) is 4.64. The molecule has 1 aliphatic heterocycles. The van der Waals surface area contributed by atoms with Crippen LogP contribution in [0.25, 0.3) is 0 Å². The lowest BCUT2D eigenvalue weighted by molar-refractivity contribution is 0.0334. The normalized spacial score (nSPS) is 29.0. The quantitative estimate of drug-likeness (QED) is 0.744. The average Bonchev–Trinajstić information content (AvgIpc) is 2.57. The van der Waals surface area contributed by atoms with Crippen molar-refractivity contribution >= 4 is 0 Å². The molecule has 0 aliphatic carbocycles. The Balaban J connectivity index is 1.99. The molecule has 1 fully saturated rings. The number of nitrogens with one attached hydrogen (secondary N) is 1. The van der Waals surface area contributed by atoms with E-state index in [0.29, 0.717) is 0 Å². The Morgan fingerprint density at radius 1 is 1.62 bits per heavy atom. The first kappa shape index (κ1) is 8.78. The molecule has 0 aromatic carbocycles. The Labute approximate surface area is 78.1 Å². The van der Waals surface area contributed by atoms with Crippen molar-refractivity contribution in [3.8, 4) is 0 Å². The van der Waals surface area contributed by atoms with Crippen molar-refractivity contribution in [1.29, 1.82) is 0 Å². The molecule has 3 nitrogen and oxygen atoms in total. The molecule has 1 aromatic rings. The van der Waals surface area contributed by atoms with Crippen molar-refractivity contribution in [3.05, 3.63) is 24.2 Å². The SMILES string of the molecule is CC1(Cc2ccco2)COCCN1. The molecule has 0 saturated carbocycles. The van der Waals surface area contributed by atoms with Gasteiger partial charge in [-0.3, -0.25) is 0 Å². The third-order valence-electron chi connectivity index (χ3n) is 2.36. The zero-order valence-electron chi connectivity index (χ0n) is 7.88. The highest BCUT2D eigenvalue weighted by atomic mass is 16.5. The summed E-state index contributed by atoms with van der Waals surface area (Å²) in [5, 5.41) is 3.45. The van der Waals surface area contributed by atoms with Gasteiger partial charge in [-0.05, 0) is 19.1 Å². The maximum Gasteiger partial charge on any atom is 0.105 e. The van der Waals surface area contributed by atoms with Gasteiger partial charge in [0.25, 0.3) is 0 Å². The first-order chi connectivity index (χ1) is 6.29. The molecular formula is C10H15NO2. The van der Waals surface area contributed by atoms with Crippen LogP contribution in [-0.4, -0.2) is 25.3 Å². The molecule has 0 amide bonds. The molecule has 1 saturated heterocycles. The minimum atomic E-state index is 0.0378. The van der Waals surface area contributed by atoms with Crippen LogP contribution >= 0.6 is 0 Å². The monoisotopic (exact) mass is 181 g/mol. The molecule has 3 heteroatoms. The van der Waals surface area contributed by atoms with Gasteiger partial charge in [0.05, 0.1) is 19.5 Å². The number of hydrogen-bond acceptors (Lipinski definition) is 3. The van der Waals surface area contributed by atoms with Crippen LogP contribution in [0.1, 0.15) is 12.7 Å². The molecule has 2 heterocycles. The van der Waals surface area contributed by atoms with E-state index in [1.54, 1.807) is 6.26 Å². The summed E-state index contributed by atoms with van der Waals surface area (Å²) in [5.74, 6) is 1.01. The fourth-order valence-electron chi connectivity index (χ4n) is 1.68. The largest absolute Gasteiger partial charge is 0.469 e. The van der Waals surface area contributed by atoms with Crippen LogP contribution < -0.4 is 5.32 Å². The van der Waals surface area contributed by atoms with E-state index in [2.05, 4.69) is 12.2 Å². The third kappa shape index (κ3) is 2.11. The van der Waals surface area contributed by atoms with Crippen LogP contribution in [0, 0.1) is 0 Å². The van der Waals surface area contributed by atoms with Crippen molar-refractivity contribution in [2.24, 2.45) is 0 Å². The Hall–Kier alpha value is -0.800. The van der Waals surface area contributed by atoms with Gasteiger partial charge in [-0.2, -0.15) is 0 Å². The molecule has 1 atom stereocenters. The topological polar surface area (TPSA) is 34.4 Å². The van der Waals surface area contributed by atoms with Crippen molar-refractivity contribution < 1.29 is 9.15 Å². The van der Waals surface area contributed by atoms with Crippen LogP contribution in [0.2, 0.25) is 0 Å². The first-order valence-electron chi connectivity index (χ1n) is 4.64. The number of ether oxygens (including phenoxy) is 1. The Morgan fingerprint density at radius 2 is 2.54 bits per heavy atom. The summed E-state index contributed by atoms with van der Waals surface area (Å²) in [4.78, 5) is 0. The minimum absolute atomic E-state index is 0.0378. The maximum atomic E-state index is 5.43. The second kappa shape index (κ2) is 3.52. The molecule has 13 heavy (non-hydrogen) atoms. The zero-order chi connectivity index (χ0) is 9.15. The molecule has 72 valence electrons. The summed E-state index contributed by atoms with van der Waals surface area (Å²) >= 11 is 0. The van der Waals surface area contributed by atoms with Gasteiger partial charge in [-0.15, -0.1) is 0 Å². The lowest BCUT2D eigenvalue weighted by Crippen LogP contribution is -2.53. The van der Waals surface area contributed by atoms with Crippen molar-refractivity contribution in [2.75, 3.05) is 19.8 Å². The second-order valence-electron chi connectivity index (χ2n) is 3.80. The van der Waals surface area contributed by atoms with Gasteiger partial charge < -0.3 is 14.5 Å². The van der Waals surface area contributed by atoms with E-state index < -0.39 is 0 Å². The zero-order valence-corrected chi connectivity index (χ0v) is 7.88. The standard InChI is InChI=1S/C10H15NO2/c1-10(8-12-6-4-11-10)7-9-3-2-5-13-9/h2-3,5,11H,4,6-8H2,1H3. The van der Waals surface area contributed by atoms with Gasteiger partial charge in [0.1, 0.15) is 5.76 Å². The van der Waals surface area contributed by atoms with E-state index in [-0.39, 0.29) is 5.54 Å². The minimum Gasteiger partial charge on any atom is -0.469 e. The lowest BCUT2D eigenvalue weighted by Gasteiger charge is -2.34. The molecule has 1 aromatic heterocycles. The summed E-state index contributed by atoms with van der Waals surface area (Å²) < 4.78 is 10.7. The van der Waals surface area contributed by atoms with Gasteiger partial charge in [-0.25, -0.2) is 0 Å². The fourth-order valence-corrected chi connectivity index (χ4v) is 1.68. The number of furan rings is 1. The van der Waals surface area contributed by atoms with Gasteiger partial charge in [0.15, 0.2) is 0 Å². The van der Waals surface area contributed by atoms with Gasteiger partial charge in [0, 0.05) is 18.5 Å². The highest BCUT2D eigenvalue weighted by Gasteiger charge is 2.28. The summed E-state index contributed by atoms with van der Waals surface area (Å²) in [6.45, 7) is 4.66. The van der Waals surface area contributed by atoms with Gasteiger partial charge in [0.2, 0.25) is 0 Å². The second-order valence-corrected chi connectivity index (χ2v) is 3.80. The highest BCUT2D eigenvalue weighted by Crippen LogP contribution is 2.16. The van der Waals surface area contributed by atoms with E-state index in [4.69, 9.17) is 9.15 Å². The Bertz CT molecular complexity index is 250. The van der Waals surface area contributed by atoms with E-state index >= 15 is 0 Å². The predicted octanol–water partition coefficient (Wildman–Crippen LogP) is 1.20. The fraction of sp³-hybridized carbons (Fsp3) is 0.600. The summed E-state index contributed by atoms with van der Waals surface area (Å²) in [6.07, 6.45) is 2.60. The van der Waals surface area contributed by atoms with Crippen molar-refractivity contribution in [2.45, 2.75) is 18.9 Å². The Morgan fingerprint density at radius 3 is 3.15 bits per heavy atom. The third-order valence-corrected chi connectivity index (χ3v) is 2.36. The molecular weight excluding hydrogens is 166 g/mol. The van der Waals surface area contributed by atoms with Gasteiger partial charge in [-0.1, -0.05) is 0 Å². The summed E-state index contributed by atoms with van der Waals surface area (Å²) in [5.41, 5.74) is 0.0378. The van der Waals surface area contributed by atoms with E-state index in [1.165, 1.54) is 0 Å². The van der Waals surface area contributed by atoms with E-state index in [0.717, 1.165) is 31.9 Å². The van der Waals surface area contributed by atoms with Crippen LogP contribution in [0.4, 0.5) is 0 Å². The molecule has 2 rings (SSSR count). The van der Waals surface area contributed by atoms with Crippen LogP contribution in [0.15, 0.2) is 22.8 Å². The number of hydrogen-bond donors (Lipinski definition) is 1. The summed E-state index contributed by atoms with van der Waals surface area (Å²) in [6, 6.07) is 3.92. The van der Waals surface area contributed by atoms with E-state index in [9.17, 15) is 0 Å². The average molecular weight is 181 g/mol. The van der Waals surface area contributed by atoms with Crippen molar-refractivity contribution in [3.63, 3.8) is 0 Å². The van der Waals surface area contributed by atoms with Crippen LogP contribution in [0.5, 0.6) is 0 Å². The van der Waals surface area contributed by atoms with Crippen LogP contribution in [0.3, 0.4) is 0 Å². The smallest absolute Gasteiger partial charge is 0.105 e. The molecule has 1 aliphatic rings. The predicted molar refractivity (Wildman–Crippen MR) is 49.6 cm³/mol. The highest BCUT2D eigenvalue weighted by molar-refractivity contribution is 5.04. The molecule has 1 unspecified atom stereocenters. The Kier molecular flexibility index (Phi) is 2.38. The number of rotatable bonds is 2. The number of morpholine rings is 1. The molecule has 0 radical (unpaired) electrons. The molecule has 1 N–H and O–H groups in total. The maximum absolute atomic E-state index is 5.43. The van der Waals surface area contributed by atoms with Gasteiger partial charge >= 0.3 is 0 Å². The van der Waals surface area contributed by atoms with Crippen LogP contribution in [-0.2, 0) is 11.2 Å². The lowest BCUT2D eigenvalue weighted by atomic mass is 9.96. The molecule has 0 bridgehead atoms.